The second-order valence-corrected chi connectivity index (χ2v) is 15.7. The highest BCUT2D eigenvalue weighted by atomic mass is 16.7. The molecule has 10 atom stereocenters. The van der Waals surface area contributed by atoms with Gasteiger partial charge in [-0.1, -0.05) is 78.9 Å². The summed E-state index contributed by atoms with van der Waals surface area (Å²) >= 11 is 0. The minimum Gasteiger partial charge on any atom is -0.394 e. The molecular weight excluding hydrogens is 494 g/mol. The van der Waals surface area contributed by atoms with E-state index in [1.54, 1.807) is 5.57 Å². The maximum Gasteiger partial charge on any atom is 0.158 e. The van der Waals surface area contributed by atoms with Crippen molar-refractivity contribution in [3.63, 3.8) is 0 Å². The minimum absolute atomic E-state index is 0.0381. The van der Waals surface area contributed by atoms with Gasteiger partial charge in [-0.15, -0.1) is 0 Å². The fourth-order valence-electron chi connectivity index (χ4n) is 10.2. The minimum atomic E-state index is -0.221. The molecule has 4 heteroatoms. The van der Waals surface area contributed by atoms with Crippen LogP contribution < -0.4 is 0 Å². The summed E-state index contributed by atoms with van der Waals surface area (Å²) in [7, 11) is 4.06. The van der Waals surface area contributed by atoms with Crippen LogP contribution in [0.4, 0.5) is 0 Å². The van der Waals surface area contributed by atoms with Crippen LogP contribution in [-0.4, -0.2) is 55.8 Å². The molecule has 0 aliphatic heterocycles. The van der Waals surface area contributed by atoms with Crippen molar-refractivity contribution in [1.29, 1.82) is 0 Å². The Morgan fingerprint density at radius 1 is 1.00 bits per heavy atom. The number of aliphatic hydroxyl groups is 1. The van der Waals surface area contributed by atoms with E-state index in [0.29, 0.717) is 17.4 Å². The van der Waals surface area contributed by atoms with Crippen LogP contribution in [-0.2, 0) is 9.47 Å². The lowest BCUT2D eigenvalue weighted by Gasteiger charge is -2.58. The van der Waals surface area contributed by atoms with E-state index in [-0.39, 0.29) is 25.1 Å². The number of ether oxygens (including phenoxy) is 2. The average molecular weight is 560 g/mol. The van der Waals surface area contributed by atoms with Crippen molar-refractivity contribution in [1.82, 2.24) is 4.90 Å². The number of hydrogen-bond acceptors (Lipinski definition) is 4. The normalized spacial score (nSPS) is 38.0. The van der Waals surface area contributed by atoms with E-state index in [1.807, 2.05) is 14.1 Å². The summed E-state index contributed by atoms with van der Waals surface area (Å²) in [5, 5.41) is 9.87. The van der Waals surface area contributed by atoms with Crippen LogP contribution in [0.2, 0.25) is 0 Å². The lowest BCUT2D eigenvalue weighted by atomic mass is 9.47. The fourth-order valence-corrected chi connectivity index (χ4v) is 10.2. The fraction of sp³-hybridized carbons (Fsp3) is 0.944. The SMILES string of the molecule is CCCC(OC1CC[C@@]2(C)C(=CC[C@H]3[C@@H]4CC[C@H]([C@H](C)CCCC(C)C)[C@@]4(C)CC[C@@H]32)C1)OC(CO)CN(C)C. The summed E-state index contributed by atoms with van der Waals surface area (Å²) in [5.41, 5.74) is 2.60. The van der Waals surface area contributed by atoms with Crippen molar-refractivity contribution >= 4 is 0 Å². The van der Waals surface area contributed by atoms with Crippen LogP contribution in [0, 0.1) is 46.3 Å². The summed E-state index contributed by atoms with van der Waals surface area (Å²) in [6.45, 7) is 15.6. The van der Waals surface area contributed by atoms with Crippen molar-refractivity contribution in [2.24, 2.45) is 46.3 Å². The molecule has 4 nitrogen and oxygen atoms in total. The largest absolute Gasteiger partial charge is 0.394 e. The number of likely N-dealkylation sites (N-methyl/N-ethyl adjacent to an activating group) is 1. The second kappa shape index (κ2) is 13.9. The smallest absolute Gasteiger partial charge is 0.158 e. The first-order chi connectivity index (χ1) is 19.0. The van der Waals surface area contributed by atoms with Crippen LogP contribution in [0.3, 0.4) is 0 Å². The number of allylic oxidation sites excluding steroid dienone is 1. The van der Waals surface area contributed by atoms with Gasteiger partial charge in [-0.05, 0) is 118 Å². The van der Waals surface area contributed by atoms with Gasteiger partial charge in [-0.3, -0.25) is 0 Å². The van der Waals surface area contributed by atoms with E-state index in [1.165, 1.54) is 57.8 Å². The van der Waals surface area contributed by atoms with Crippen LogP contribution in [0.1, 0.15) is 125 Å². The van der Waals surface area contributed by atoms with Crippen molar-refractivity contribution in [2.75, 3.05) is 27.2 Å². The third-order valence-electron chi connectivity index (χ3n) is 12.2. The first kappa shape index (κ1) is 32.5. The van der Waals surface area contributed by atoms with E-state index in [2.05, 4.69) is 52.5 Å². The van der Waals surface area contributed by atoms with Crippen molar-refractivity contribution in [3.05, 3.63) is 11.6 Å². The molecule has 4 aliphatic carbocycles. The van der Waals surface area contributed by atoms with Crippen molar-refractivity contribution < 1.29 is 14.6 Å². The Bertz CT molecular complexity index is 825. The summed E-state index contributed by atoms with van der Waals surface area (Å²) in [6, 6.07) is 0. The topological polar surface area (TPSA) is 41.9 Å². The molecule has 40 heavy (non-hydrogen) atoms. The molecule has 3 saturated carbocycles. The van der Waals surface area contributed by atoms with Gasteiger partial charge in [0, 0.05) is 6.54 Å². The predicted octanol–water partition coefficient (Wildman–Crippen LogP) is 8.48. The molecule has 0 saturated heterocycles. The zero-order valence-corrected chi connectivity index (χ0v) is 27.6. The van der Waals surface area contributed by atoms with Gasteiger partial charge in [0.25, 0.3) is 0 Å². The first-order valence-corrected chi connectivity index (χ1v) is 17.3. The van der Waals surface area contributed by atoms with E-state index >= 15 is 0 Å². The third kappa shape index (κ3) is 7.03. The molecule has 3 fully saturated rings. The number of fused-ring (bicyclic) bond motifs is 5. The average Bonchev–Trinajstić information content (AvgIpc) is 3.25. The highest BCUT2D eigenvalue weighted by Gasteiger charge is 2.59. The Morgan fingerprint density at radius 3 is 2.45 bits per heavy atom. The van der Waals surface area contributed by atoms with E-state index in [0.717, 1.165) is 61.2 Å². The Kier molecular flexibility index (Phi) is 11.3. The van der Waals surface area contributed by atoms with Gasteiger partial charge in [0.05, 0.1) is 18.8 Å². The second-order valence-electron chi connectivity index (χ2n) is 15.7. The lowest BCUT2D eigenvalue weighted by molar-refractivity contribution is -0.211. The highest BCUT2D eigenvalue weighted by Crippen LogP contribution is 2.67. The standard InChI is InChI=1S/C36H65NO3/c1-9-11-34(40-29(24-38)23-37(7)8)39-28-18-20-35(5)27(22-28)14-15-30-32-17-16-31(26(4)13-10-12-25(2)3)36(32,6)21-19-33(30)35/h14,25-26,28-34,38H,9-13,15-24H2,1-8H3/t26-,28?,29?,30+,31-,32+,33+,34?,35+,36-/m1/s1. The van der Waals surface area contributed by atoms with E-state index in [9.17, 15) is 5.11 Å². The zero-order valence-electron chi connectivity index (χ0n) is 27.6. The summed E-state index contributed by atoms with van der Waals surface area (Å²) in [5.74, 6) is 5.29. The molecule has 0 heterocycles. The molecule has 0 bridgehead atoms. The molecule has 0 spiro atoms. The molecule has 4 rings (SSSR count). The molecule has 232 valence electrons. The first-order valence-electron chi connectivity index (χ1n) is 17.3. The van der Waals surface area contributed by atoms with Gasteiger partial charge in [-0.2, -0.15) is 0 Å². The number of rotatable bonds is 14. The van der Waals surface area contributed by atoms with Gasteiger partial charge in [-0.25, -0.2) is 0 Å². The van der Waals surface area contributed by atoms with Crippen LogP contribution >= 0.6 is 0 Å². The van der Waals surface area contributed by atoms with Crippen LogP contribution in [0.5, 0.6) is 0 Å². The molecule has 1 N–H and O–H groups in total. The molecule has 4 aliphatic rings. The third-order valence-corrected chi connectivity index (χ3v) is 12.2. The molecule has 3 unspecified atom stereocenters. The Morgan fingerprint density at radius 2 is 1.77 bits per heavy atom. The molecule has 0 radical (unpaired) electrons. The van der Waals surface area contributed by atoms with Gasteiger partial charge < -0.3 is 19.5 Å². The lowest BCUT2D eigenvalue weighted by Crippen LogP contribution is -2.51. The van der Waals surface area contributed by atoms with E-state index < -0.39 is 0 Å². The predicted molar refractivity (Wildman–Crippen MR) is 167 cm³/mol. The number of hydrogen-bond donors (Lipinski definition) is 1. The molecule has 0 aromatic carbocycles. The number of nitrogens with zero attached hydrogens (tertiary/aromatic N) is 1. The van der Waals surface area contributed by atoms with Crippen molar-refractivity contribution in [2.45, 2.75) is 144 Å². The number of aliphatic hydroxyl groups excluding tert-OH is 1. The quantitative estimate of drug-likeness (QED) is 0.171. The molecular formula is C36H65NO3. The van der Waals surface area contributed by atoms with Gasteiger partial charge in [0.1, 0.15) is 0 Å². The molecule has 0 aromatic rings. The Labute approximate surface area is 248 Å². The van der Waals surface area contributed by atoms with E-state index in [4.69, 9.17) is 9.47 Å². The molecule has 0 amide bonds. The van der Waals surface area contributed by atoms with Gasteiger partial charge >= 0.3 is 0 Å². The van der Waals surface area contributed by atoms with Gasteiger partial charge in [0.15, 0.2) is 6.29 Å². The monoisotopic (exact) mass is 559 g/mol. The maximum absolute atomic E-state index is 9.87. The van der Waals surface area contributed by atoms with Crippen LogP contribution in [0.25, 0.3) is 0 Å². The Balaban J connectivity index is 1.40. The van der Waals surface area contributed by atoms with Crippen molar-refractivity contribution in [3.8, 4) is 0 Å². The zero-order chi connectivity index (χ0) is 29.1. The van der Waals surface area contributed by atoms with Gasteiger partial charge in [0.2, 0.25) is 0 Å². The summed E-state index contributed by atoms with van der Waals surface area (Å²) < 4.78 is 12.9. The maximum atomic E-state index is 9.87. The Hall–Kier alpha value is -0.420. The molecule has 0 aromatic heterocycles. The highest BCUT2D eigenvalue weighted by molar-refractivity contribution is 5.25. The summed E-state index contributed by atoms with van der Waals surface area (Å²) in [6.07, 6.45) is 19.2. The summed E-state index contributed by atoms with van der Waals surface area (Å²) in [4.78, 5) is 2.08. The van der Waals surface area contributed by atoms with Crippen LogP contribution in [0.15, 0.2) is 11.6 Å².